The Morgan fingerprint density at radius 3 is 2.35 bits per heavy atom. The van der Waals surface area contributed by atoms with E-state index in [0.29, 0.717) is 23.7 Å². The summed E-state index contributed by atoms with van der Waals surface area (Å²) in [6.07, 6.45) is 6.62. The Hall–Kier alpha value is -2.78. The average molecular weight is 484 g/mol. The van der Waals surface area contributed by atoms with Crippen molar-refractivity contribution in [3.05, 3.63) is 78.1 Å². The maximum Gasteiger partial charge on any atom is 0.221 e. The number of aromatic nitrogens is 3. The van der Waals surface area contributed by atoms with Crippen LogP contribution in [0.15, 0.2) is 61.2 Å². The second-order valence-electron chi connectivity index (χ2n) is 9.33. The Bertz CT molecular complexity index is 1210. The lowest BCUT2D eigenvalue weighted by atomic mass is 10.0. The van der Waals surface area contributed by atoms with Crippen molar-refractivity contribution >= 4 is 15.7 Å². The molecule has 2 aromatic carbocycles. The molecule has 2 fully saturated rings. The van der Waals surface area contributed by atoms with Gasteiger partial charge in [-0.2, -0.15) is 4.31 Å². The van der Waals surface area contributed by atoms with Gasteiger partial charge < -0.3 is 9.47 Å². The Balaban J connectivity index is 1.30. The number of rotatable bonds is 5. The third kappa shape index (κ3) is 4.46. The molecule has 0 saturated carbocycles. The van der Waals surface area contributed by atoms with Gasteiger partial charge in [0.1, 0.15) is 23.7 Å². The second kappa shape index (κ2) is 9.46. The van der Waals surface area contributed by atoms with Crippen LogP contribution in [0, 0.1) is 5.82 Å². The van der Waals surface area contributed by atoms with Crippen LogP contribution in [0.4, 0.5) is 10.1 Å². The first-order valence-electron chi connectivity index (χ1n) is 11.9. The molecular weight excluding hydrogens is 453 g/mol. The van der Waals surface area contributed by atoms with E-state index in [1.165, 1.54) is 6.07 Å². The molecule has 0 N–H and O–H groups in total. The Morgan fingerprint density at radius 1 is 0.971 bits per heavy atom. The van der Waals surface area contributed by atoms with Gasteiger partial charge in [-0.15, -0.1) is 10.2 Å². The summed E-state index contributed by atoms with van der Waals surface area (Å²) >= 11 is 0. The van der Waals surface area contributed by atoms with E-state index in [-0.39, 0.29) is 18.4 Å². The van der Waals surface area contributed by atoms with Crippen molar-refractivity contribution < 1.29 is 12.8 Å². The quantitative estimate of drug-likeness (QED) is 0.541. The Kier molecular flexibility index (Phi) is 6.40. The van der Waals surface area contributed by atoms with E-state index >= 15 is 4.39 Å². The number of hydrogen-bond donors (Lipinski definition) is 0. The Morgan fingerprint density at radius 2 is 1.68 bits per heavy atom. The minimum atomic E-state index is -3.55. The van der Waals surface area contributed by atoms with Gasteiger partial charge >= 0.3 is 0 Å². The van der Waals surface area contributed by atoms with Crippen LogP contribution in [0.2, 0.25) is 0 Å². The van der Waals surface area contributed by atoms with Crippen molar-refractivity contribution in [3.8, 4) is 0 Å². The molecule has 2 aliphatic heterocycles. The molecule has 3 aromatic rings. The highest BCUT2D eigenvalue weighted by Crippen LogP contribution is 2.38. The SMILES string of the molecule is C[C@H]1CC[C@H](c2ccccc2)S(=O)(=O)N1Cc1ccc(N2CCC(n3cnnc3)CC2)c(F)c1. The smallest absolute Gasteiger partial charge is 0.221 e. The van der Waals surface area contributed by atoms with E-state index < -0.39 is 15.3 Å². The first-order valence-corrected chi connectivity index (χ1v) is 13.4. The maximum atomic E-state index is 15.2. The van der Waals surface area contributed by atoms with Crippen LogP contribution in [-0.2, 0) is 16.6 Å². The number of piperidine rings is 1. The minimum Gasteiger partial charge on any atom is -0.369 e. The van der Waals surface area contributed by atoms with Crippen molar-refractivity contribution in [2.24, 2.45) is 0 Å². The molecular formula is C25H30FN5O2S. The van der Waals surface area contributed by atoms with Crippen molar-refractivity contribution in [1.29, 1.82) is 0 Å². The number of sulfonamides is 1. The second-order valence-corrected chi connectivity index (χ2v) is 11.4. The Labute approximate surface area is 200 Å². The first-order chi connectivity index (χ1) is 16.4. The van der Waals surface area contributed by atoms with Crippen molar-refractivity contribution in [3.63, 3.8) is 0 Å². The summed E-state index contributed by atoms with van der Waals surface area (Å²) in [4.78, 5) is 2.06. The lowest BCUT2D eigenvalue weighted by Gasteiger charge is -2.37. The molecule has 2 aliphatic rings. The van der Waals surface area contributed by atoms with Gasteiger partial charge in [-0.05, 0) is 55.9 Å². The number of halogens is 1. The fraction of sp³-hybridized carbons (Fsp3) is 0.440. The minimum absolute atomic E-state index is 0.121. The van der Waals surface area contributed by atoms with Gasteiger partial charge in [-0.3, -0.25) is 0 Å². The third-order valence-corrected chi connectivity index (χ3v) is 9.58. The van der Waals surface area contributed by atoms with Gasteiger partial charge in [0, 0.05) is 31.7 Å². The van der Waals surface area contributed by atoms with Gasteiger partial charge in [-0.25, -0.2) is 12.8 Å². The van der Waals surface area contributed by atoms with Gasteiger partial charge in [-0.1, -0.05) is 36.4 Å². The fourth-order valence-electron chi connectivity index (χ4n) is 5.24. The van der Waals surface area contributed by atoms with Crippen LogP contribution in [0.5, 0.6) is 0 Å². The molecule has 2 saturated heterocycles. The molecule has 2 atom stereocenters. The number of anilines is 1. The third-order valence-electron chi connectivity index (χ3n) is 7.21. The van der Waals surface area contributed by atoms with Crippen molar-refractivity contribution in [2.45, 2.75) is 56.5 Å². The zero-order valence-electron chi connectivity index (χ0n) is 19.3. The summed E-state index contributed by atoms with van der Waals surface area (Å²) in [5, 5.41) is 7.20. The summed E-state index contributed by atoms with van der Waals surface area (Å²) in [7, 11) is -3.55. The summed E-state index contributed by atoms with van der Waals surface area (Å²) in [6.45, 7) is 3.61. The molecule has 0 amide bonds. The molecule has 0 aliphatic carbocycles. The fourth-order valence-corrected chi connectivity index (χ4v) is 7.44. The molecule has 0 spiro atoms. The molecule has 0 bridgehead atoms. The van der Waals surface area contributed by atoms with E-state index in [1.54, 1.807) is 23.0 Å². The predicted molar refractivity (Wildman–Crippen MR) is 129 cm³/mol. The molecule has 9 heteroatoms. The number of benzene rings is 2. The monoisotopic (exact) mass is 483 g/mol. The van der Waals surface area contributed by atoms with Crippen LogP contribution >= 0.6 is 0 Å². The van der Waals surface area contributed by atoms with Crippen molar-refractivity contribution in [2.75, 3.05) is 18.0 Å². The van der Waals surface area contributed by atoms with Crippen LogP contribution < -0.4 is 4.90 Å². The van der Waals surface area contributed by atoms with E-state index in [0.717, 1.165) is 37.9 Å². The number of hydrogen-bond acceptors (Lipinski definition) is 5. The first kappa shape index (κ1) is 23.0. The molecule has 0 unspecified atom stereocenters. The largest absolute Gasteiger partial charge is 0.369 e. The lowest BCUT2D eigenvalue weighted by Crippen LogP contribution is -2.44. The molecule has 5 rings (SSSR count). The molecule has 1 aromatic heterocycles. The molecule has 34 heavy (non-hydrogen) atoms. The summed E-state index contributed by atoms with van der Waals surface area (Å²) in [5.41, 5.74) is 2.06. The highest BCUT2D eigenvalue weighted by molar-refractivity contribution is 7.89. The normalized spacial score (nSPS) is 23.8. The average Bonchev–Trinajstić information content (AvgIpc) is 3.38. The maximum absolute atomic E-state index is 15.2. The van der Waals surface area contributed by atoms with Crippen LogP contribution in [-0.4, -0.2) is 46.6 Å². The van der Waals surface area contributed by atoms with Gasteiger partial charge in [0.05, 0.1) is 5.69 Å². The van der Waals surface area contributed by atoms with Gasteiger partial charge in [0.2, 0.25) is 10.0 Å². The highest BCUT2D eigenvalue weighted by Gasteiger charge is 2.40. The lowest BCUT2D eigenvalue weighted by molar-refractivity contribution is 0.281. The predicted octanol–water partition coefficient (Wildman–Crippen LogP) is 4.31. The van der Waals surface area contributed by atoms with Crippen molar-refractivity contribution in [1.82, 2.24) is 19.1 Å². The van der Waals surface area contributed by atoms with Gasteiger partial charge in [0.15, 0.2) is 0 Å². The van der Waals surface area contributed by atoms with Crippen LogP contribution in [0.1, 0.15) is 55.0 Å². The van der Waals surface area contributed by atoms with Gasteiger partial charge in [0.25, 0.3) is 0 Å². The standard InChI is InChI=1S/C25H30FN5O2S/c1-19-7-10-25(21-5-3-2-4-6-21)34(32,33)31(19)16-20-8-9-24(23(26)15-20)29-13-11-22(12-14-29)30-17-27-28-18-30/h2-6,8-9,15,17-19,22,25H,7,10-14,16H2,1H3/t19-,25+/m0/s1. The molecule has 7 nitrogen and oxygen atoms in total. The zero-order chi connectivity index (χ0) is 23.7. The summed E-state index contributed by atoms with van der Waals surface area (Å²) in [6, 6.07) is 14.7. The van der Waals surface area contributed by atoms with E-state index in [1.807, 2.05) is 47.9 Å². The molecule has 3 heterocycles. The summed E-state index contributed by atoms with van der Waals surface area (Å²) in [5.74, 6) is -0.304. The van der Waals surface area contributed by atoms with E-state index in [9.17, 15) is 8.42 Å². The summed E-state index contributed by atoms with van der Waals surface area (Å²) < 4.78 is 45.7. The number of nitrogens with zero attached hydrogens (tertiary/aromatic N) is 5. The van der Waals surface area contributed by atoms with Crippen LogP contribution in [0.25, 0.3) is 0 Å². The topological polar surface area (TPSA) is 71.3 Å². The highest BCUT2D eigenvalue weighted by atomic mass is 32.2. The zero-order valence-corrected chi connectivity index (χ0v) is 20.1. The van der Waals surface area contributed by atoms with Crippen LogP contribution in [0.3, 0.4) is 0 Å². The molecule has 180 valence electrons. The van der Waals surface area contributed by atoms with E-state index in [2.05, 4.69) is 15.1 Å². The van der Waals surface area contributed by atoms with E-state index in [4.69, 9.17) is 0 Å². The molecule has 0 radical (unpaired) electrons.